The molecule has 35 heavy (non-hydrogen) atoms. The van der Waals surface area contributed by atoms with Crippen LogP contribution in [0.15, 0.2) is 66.7 Å². The molecule has 1 aromatic heterocycles. The van der Waals surface area contributed by atoms with Gasteiger partial charge in [-0.25, -0.2) is 4.39 Å². The van der Waals surface area contributed by atoms with E-state index in [1.807, 2.05) is 30.3 Å². The number of amides is 1. The summed E-state index contributed by atoms with van der Waals surface area (Å²) < 4.78 is 47.4. The lowest BCUT2D eigenvalue weighted by atomic mass is 10.1. The number of anilines is 2. The summed E-state index contributed by atoms with van der Waals surface area (Å²) in [7, 11) is 0. The summed E-state index contributed by atoms with van der Waals surface area (Å²) in [6, 6.07) is 17.5. The third kappa shape index (κ3) is 6.03. The third-order valence-electron chi connectivity index (χ3n) is 4.97. The monoisotopic (exact) mass is 549 g/mol. The Bertz CT molecular complexity index is 1390. The summed E-state index contributed by atoms with van der Waals surface area (Å²) in [5.41, 5.74) is 1.88. The summed E-state index contributed by atoms with van der Waals surface area (Å²) in [5, 5.41) is 3.06. The van der Waals surface area contributed by atoms with Gasteiger partial charge in [0.15, 0.2) is 5.82 Å². The van der Waals surface area contributed by atoms with Crippen molar-refractivity contribution in [3.8, 4) is 0 Å². The number of carbonyl (C=O) groups excluding carboxylic acids is 1. The van der Waals surface area contributed by atoms with E-state index < -0.39 is 23.0 Å². The molecule has 4 rings (SSSR count). The van der Waals surface area contributed by atoms with Crippen molar-refractivity contribution < 1.29 is 17.9 Å². The van der Waals surface area contributed by atoms with Crippen molar-refractivity contribution in [2.24, 2.45) is 0 Å². The number of hydrogen-bond acceptors (Lipinski definition) is 6. The molecule has 7 nitrogen and oxygen atoms in total. The lowest BCUT2D eigenvalue weighted by Gasteiger charge is -2.27. The Kier molecular flexibility index (Phi) is 8.09. The minimum atomic E-state index is -2.85. The van der Waals surface area contributed by atoms with Gasteiger partial charge < -0.3 is 9.87 Å². The molecular formula is C23H16Cl2FN4O3S2-. The standard InChI is InChI=1S/C23H17Cl2FN4O3S2/c24-16-7-9-18(23(31)27-13-15-6-8-17(26)12-19(15)25)21(11-16)30(35(32)33)22-20(28-34-29-22)10-14-4-2-1-3-5-14/h1-9,11-12H,10,13H2,(H,27,31)(H,32,33)/p-1. The summed E-state index contributed by atoms with van der Waals surface area (Å²) in [5.74, 6) is -1.01. The van der Waals surface area contributed by atoms with Crippen LogP contribution in [0.2, 0.25) is 10.0 Å². The summed E-state index contributed by atoms with van der Waals surface area (Å²) in [6.07, 6.45) is 0.339. The van der Waals surface area contributed by atoms with Gasteiger partial charge in [-0.1, -0.05) is 59.6 Å². The number of carbonyl (C=O) groups is 1. The highest BCUT2D eigenvalue weighted by Gasteiger charge is 2.24. The predicted octanol–water partition coefficient (Wildman–Crippen LogP) is 5.44. The van der Waals surface area contributed by atoms with Crippen molar-refractivity contribution in [2.75, 3.05) is 4.31 Å². The zero-order valence-electron chi connectivity index (χ0n) is 17.8. The Hall–Kier alpha value is -2.89. The topological polar surface area (TPSA) is 98.2 Å². The van der Waals surface area contributed by atoms with Crippen LogP contribution in [0.4, 0.5) is 15.9 Å². The first-order valence-corrected chi connectivity index (χ1v) is 12.6. The maximum absolute atomic E-state index is 13.3. The smallest absolute Gasteiger partial charge is 0.253 e. The fourth-order valence-corrected chi connectivity index (χ4v) is 4.92. The van der Waals surface area contributed by atoms with E-state index in [9.17, 15) is 17.9 Å². The van der Waals surface area contributed by atoms with Gasteiger partial charge in [-0.3, -0.25) is 13.3 Å². The predicted molar refractivity (Wildman–Crippen MR) is 134 cm³/mol. The molecule has 0 fully saturated rings. The Balaban J connectivity index is 1.67. The quantitative estimate of drug-likeness (QED) is 0.295. The molecule has 0 saturated heterocycles. The Morgan fingerprint density at radius 1 is 1.09 bits per heavy atom. The molecule has 180 valence electrons. The normalized spacial score (nSPS) is 11.8. The first-order valence-electron chi connectivity index (χ1n) is 10.1. The zero-order chi connectivity index (χ0) is 24.9. The molecular weight excluding hydrogens is 534 g/mol. The second kappa shape index (κ2) is 11.2. The summed E-state index contributed by atoms with van der Waals surface area (Å²) in [4.78, 5) is 13.1. The van der Waals surface area contributed by atoms with E-state index in [4.69, 9.17) is 23.2 Å². The molecule has 0 aliphatic heterocycles. The van der Waals surface area contributed by atoms with Gasteiger partial charge in [0.05, 0.1) is 34.2 Å². The maximum Gasteiger partial charge on any atom is 0.253 e. The molecule has 0 aliphatic rings. The number of aromatic nitrogens is 2. The Morgan fingerprint density at radius 3 is 2.57 bits per heavy atom. The van der Waals surface area contributed by atoms with Crippen molar-refractivity contribution in [3.63, 3.8) is 0 Å². The lowest BCUT2D eigenvalue weighted by molar-refractivity contribution is 0.0951. The molecule has 0 spiro atoms. The second-order valence-corrected chi connectivity index (χ2v) is 9.46. The van der Waals surface area contributed by atoms with Crippen molar-refractivity contribution in [1.82, 2.24) is 14.1 Å². The van der Waals surface area contributed by atoms with Gasteiger partial charge in [0, 0.05) is 23.0 Å². The molecule has 0 saturated carbocycles. The second-order valence-electron chi connectivity index (χ2n) is 7.29. The van der Waals surface area contributed by atoms with E-state index >= 15 is 0 Å². The van der Waals surface area contributed by atoms with Gasteiger partial charge in [-0.15, -0.1) is 0 Å². The average Bonchev–Trinajstić information content (AvgIpc) is 3.26. The van der Waals surface area contributed by atoms with Crippen LogP contribution in [-0.4, -0.2) is 23.4 Å². The van der Waals surface area contributed by atoms with Crippen LogP contribution < -0.4 is 9.62 Å². The summed E-state index contributed by atoms with van der Waals surface area (Å²) in [6.45, 7) is -0.00199. The van der Waals surface area contributed by atoms with Crippen LogP contribution in [0, 0.1) is 5.82 Å². The minimum Gasteiger partial charge on any atom is -0.755 e. The van der Waals surface area contributed by atoms with Crippen molar-refractivity contribution >= 4 is 63.6 Å². The molecule has 1 heterocycles. The SMILES string of the molecule is O=C(NCc1ccc(F)cc1Cl)c1ccc(Cl)cc1N(c1nsnc1Cc1ccccc1)S(=O)[O-]. The maximum atomic E-state index is 13.3. The fourth-order valence-electron chi connectivity index (χ4n) is 3.32. The largest absolute Gasteiger partial charge is 0.755 e. The van der Waals surface area contributed by atoms with E-state index in [1.165, 1.54) is 30.3 Å². The molecule has 12 heteroatoms. The molecule has 0 aliphatic carbocycles. The number of benzene rings is 3. The minimum absolute atomic E-state index is 0.00199. The van der Waals surface area contributed by atoms with Gasteiger partial charge in [-0.2, -0.15) is 8.75 Å². The zero-order valence-corrected chi connectivity index (χ0v) is 20.9. The molecule has 1 atom stereocenters. The number of nitrogens with one attached hydrogen (secondary N) is 1. The highest BCUT2D eigenvalue weighted by Crippen LogP contribution is 2.34. The van der Waals surface area contributed by atoms with E-state index in [0.717, 1.165) is 27.7 Å². The van der Waals surface area contributed by atoms with Crippen LogP contribution >= 0.6 is 34.9 Å². The van der Waals surface area contributed by atoms with Gasteiger partial charge >= 0.3 is 0 Å². The Morgan fingerprint density at radius 2 is 1.86 bits per heavy atom. The van der Waals surface area contributed by atoms with Crippen molar-refractivity contribution in [3.05, 3.63) is 105 Å². The van der Waals surface area contributed by atoms with Crippen LogP contribution in [0.3, 0.4) is 0 Å². The van der Waals surface area contributed by atoms with Gasteiger partial charge in [0.2, 0.25) is 0 Å². The fraction of sp³-hybridized carbons (Fsp3) is 0.0870. The van der Waals surface area contributed by atoms with Crippen molar-refractivity contribution in [1.29, 1.82) is 0 Å². The molecule has 3 aromatic carbocycles. The third-order valence-corrected chi connectivity index (χ3v) is 6.78. The molecule has 0 bridgehead atoms. The average molecular weight is 550 g/mol. The number of rotatable bonds is 8. The van der Waals surface area contributed by atoms with Gasteiger partial charge in [-0.05, 0) is 41.5 Å². The highest BCUT2D eigenvalue weighted by atomic mass is 35.5. The van der Waals surface area contributed by atoms with Gasteiger partial charge in [0.1, 0.15) is 11.5 Å². The first kappa shape index (κ1) is 25.2. The highest BCUT2D eigenvalue weighted by molar-refractivity contribution is 7.81. The number of hydrogen-bond donors (Lipinski definition) is 1. The van der Waals surface area contributed by atoms with E-state index in [0.29, 0.717) is 17.7 Å². The van der Waals surface area contributed by atoms with Crippen LogP contribution in [-0.2, 0) is 24.2 Å². The molecule has 4 aromatic rings. The number of halogens is 3. The molecule has 1 N–H and O–H groups in total. The molecule has 0 radical (unpaired) electrons. The van der Waals surface area contributed by atoms with E-state index in [1.54, 1.807) is 0 Å². The van der Waals surface area contributed by atoms with E-state index in [2.05, 4.69) is 14.1 Å². The van der Waals surface area contributed by atoms with Crippen LogP contribution in [0.5, 0.6) is 0 Å². The first-order chi connectivity index (χ1) is 16.8. The van der Waals surface area contributed by atoms with E-state index in [-0.39, 0.29) is 33.7 Å². The van der Waals surface area contributed by atoms with Crippen LogP contribution in [0.25, 0.3) is 0 Å². The molecule has 1 amide bonds. The Labute approximate surface area is 217 Å². The summed E-state index contributed by atoms with van der Waals surface area (Å²) >= 11 is 10.2. The lowest BCUT2D eigenvalue weighted by Crippen LogP contribution is -2.28. The number of nitrogens with zero attached hydrogens (tertiary/aromatic N) is 3. The van der Waals surface area contributed by atoms with Gasteiger partial charge in [0.25, 0.3) is 5.91 Å². The van der Waals surface area contributed by atoms with Crippen LogP contribution in [0.1, 0.15) is 27.2 Å². The van der Waals surface area contributed by atoms with Crippen molar-refractivity contribution in [2.45, 2.75) is 13.0 Å². The molecule has 1 unspecified atom stereocenters.